The van der Waals surface area contributed by atoms with Crippen LogP contribution < -0.4 is 11.6 Å². The third kappa shape index (κ3) is 13.6. The molecule has 0 aliphatic heterocycles. The molecule has 4 N–H and O–H groups in total. The number of rotatable bonds is 11. The first kappa shape index (κ1) is 26.4. The van der Waals surface area contributed by atoms with Gasteiger partial charge in [-0.05, 0) is 38.5 Å². The topological polar surface area (TPSA) is 95.2 Å². The first-order chi connectivity index (χ1) is 13.0. The van der Waals surface area contributed by atoms with E-state index in [0.29, 0.717) is 11.8 Å². The smallest absolute Gasteiger partial charge is 0.0829 e. The molecule has 0 atom stereocenters. The Morgan fingerprint density at radius 2 is 1.89 bits per heavy atom. The van der Waals surface area contributed by atoms with E-state index in [-0.39, 0.29) is 5.41 Å². The second-order valence-corrected chi connectivity index (χ2v) is 8.94. The van der Waals surface area contributed by atoms with Gasteiger partial charge in [-0.3, -0.25) is 4.68 Å². The zero-order valence-electron chi connectivity index (χ0n) is 19.4. The van der Waals surface area contributed by atoms with Crippen LogP contribution in [0.4, 0.5) is 0 Å². The van der Waals surface area contributed by atoms with Crippen molar-refractivity contribution >= 4 is 0 Å². The van der Waals surface area contributed by atoms with Crippen molar-refractivity contribution in [2.45, 2.75) is 74.8 Å². The number of allylic oxidation sites excluding steroid dienone is 1. The molecule has 1 aromatic heterocycles. The normalized spacial score (nSPS) is 12.3. The fraction of sp³-hybridized carbons (Fsp3) is 0.810. The van der Waals surface area contributed by atoms with Crippen LogP contribution in [-0.4, -0.2) is 39.8 Å². The summed E-state index contributed by atoms with van der Waals surface area (Å²) in [6.07, 6.45) is 5.74. The lowest BCUT2D eigenvalue weighted by Crippen LogP contribution is -2.26. The van der Waals surface area contributed by atoms with Gasteiger partial charge in [-0.2, -0.15) is 0 Å². The van der Waals surface area contributed by atoms with E-state index in [2.05, 4.69) is 51.9 Å². The van der Waals surface area contributed by atoms with Crippen molar-refractivity contribution in [3.8, 4) is 0 Å². The molecule has 0 amide bonds. The maximum atomic E-state index is 5.69. The lowest BCUT2D eigenvalue weighted by molar-refractivity contribution is 0.0587. The summed E-state index contributed by atoms with van der Waals surface area (Å²) in [6.45, 7) is 20.2. The Hall–Kier alpha value is -1.60. The highest BCUT2D eigenvalue weighted by atomic mass is 16.5. The minimum absolute atomic E-state index is 0.0960. The van der Waals surface area contributed by atoms with Crippen LogP contribution >= 0.6 is 0 Å². The number of aromatic nitrogens is 3. The molecular formula is C21H44N6O. The van der Waals surface area contributed by atoms with Crippen LogP contribution in [0.15, 0.2) is 18.1 Å². The molecule has 0 saturated carbocycles. The Kier molecular flexibility index (Phi) is 12.8. The van der Waals surface area contributed by atoms with Crippen molar-refractivity contribution in [3.05, 3.63) is 23.8 Å². The summed E-state index contributed by atoms with van der Waals surface area (Å²) in [5.41, 5.74) is 7.71. The van der Waals surface area contributed by atoms with E-state index >= 15 is 0 Å². The number of hydrogen-bond acceptors (Lipinski definition) is 6. The van der Waals surface area contributed by atoms with Crippen LogP contribution in [-0.2, 0) is 17.7 Å². The van der Waals surface area contributed by atoms with Gasteiger partial charge in [-0.1, -0.05) is 46.8 Å². The lowest BCUT2D eigenvalue weighted by Gasteiger charge is -2.23. The molecule has 7 nitrogen and oxygen atoms in total. The molecule has 1 heterocycles. The second-order valence-electron chi connectivity index (χ2n) is 8.94. The summed E-state index contributed by atoms with van der Waals surface area (Å²) in [6, 6.07) is 0. The van der Waals surface area contributed by atoms with Gasteiger partial charge in [0.15, 0.2) is 0 Å². The summed E-state index contributed by atoms with van der Waals surface area (Å²) in [7, 11) is 0. The van der Waals surface area contributed by atoms with Gasteiger partial charge in [-0.25, -0.2) is 5.84 Å². The predicted molar refractivity (Wildman–Crippen MR) is 117 cm³/mol. The Morgan fingerprint density at radius 1 is 1.25 bits per heavy atom. The number of nitrogens with zero attached hydrogens (tertiary/aromatic N) is 4. The highest BCUT2D eigenvalue weighted by molar-refractivity contribution is 4.95. The van der Waals surface area contributed by atoms with Gasteiger partial charge in [0, 0.05) is 43.2 Å². The average Bonchev–Trinajstić information content (AvgIpc) is 2.97. The Labute approximate surface area is 172 Å². The summed E-state index contributed by atoms with van der Waals surface area (Å²) >= 11 is 0. The van der Waals surface area contributed by atoms with Crippen LogP contribution in [0.5, 0.6) is 0 Å². The molecule has 28 heavy (non-hydrogen) atoms. The molecule has 1 aromatic rings. The maximum absolute atomic E-state index is 5.69. The monoisotopic (exact) mass is 396 g/mol. The van der Waals surface area contributed by atoms with Gasteiger partial charge in [0.05, 0.1) is 12.3 Å². The zero-order chi connectivity index (χ0) is 21.7. The predicted octanol–water partition coefficient (Wildman–Crippen LogP) is 3.57. The van der Waals surface area contributed by atoms with Crippen molar-refractivity contribution in [2.75, 3.05) is 19.8 Å². The van der Waals surface area contributed by atoms with Gasteiger partial charge in [0.2, 0.25) is 0 Å². The molecule has 0 bridgehead atoms. The molecule has 1 rings (SSSR count). The van der Waals surface area contributed by atoms with Crippen LogP contribution in [0.1, 0.15) is 67.5 Å². The summed E-state index contributed by atoms with van der Waals surface area (Å²) in [4.78, 5) is 0. The van der Waals surface area contributed by atoms with E-state index in [1.165, 1.54) is 0 Å². The summed E-state index contributed by atoms with van der Waals surface area (Å²) < 4.78 is 7.41. The van der Waals surface area contributed by atoms with Crippen LogP contribution in [0.2, 0.25) is 0 Å². The SMILES string of the molecule is CCN(N)/C=C(\N)CC(C)C.CCOCC(C)(C)Cn1cc(CC(C)C)nn1. The molecule has 0 unspecified atom stereocenters. The van der Waals surface area contributed by atoms with E-state index < -0.39 is 0 Å². The first-order valence-electron chi connectivity index (χ1n) is 10.4. The van der Waals surface area contributed by atoms with Gasteiger partial charge in [0.1, 0.15) is 0 Å². The van der Waals surface area contributed by atoms with Gasteiger partial charge in [0.25, 0.3) is 0 Å². The van der Waals surface area contributed by atoms with E-state index in [9.17, 15) is 0 Å². The quantitative estimate of drug-likeness (QED) is 0.438. The lowest BCUT2D eigenvalue weighted by atomic mass is 9.95. The minimum atomic E-state index is 0.0960. The third-order valence-electron chi connectivity index (χ3n) is 3.83. The molecular weight excluding hydrogens is 352 g/mol. The maximum Gasteiger partial charge on any atom is 0.0829 e. The number of hydrogen-bond donors (Lipinski definition) is 2. The molecule has 164 valence electrons. The highest BCUT2D eigenvalue weighted by Gasteiger charge is 2.19. The molecule has 0 fully saturated rings. The standard InChI is InChI=1S/C13H25N3O.C8H19N3/c1-6-17-10-13(4,5)9-16-8-12(14-15-16)7-11(2)3;1-4-11(10)6-8(9)5-7(2)3/h8,11H,6-7,9-10H2,1-5H3;6-7H,4-5,9-10H2,1-3H3/b;8-6-. The molecule has 0 saturated heterocycles. The van der Waals surface area contributed by atoms with Gasteiger partial charge >= 0.3 is 0 Å². The molecule has 0 aliphatic rings. The van der Waals surface area contributed by atoms with Crippen molar-refractivity contribution in [1.29, 1.82) is 0 Å². The zero-order valence-corrected chi connectivity index (χ0v) is 19.4. The van der Waals surface area contributed by atoms with Crippen LogP contribution in [0, 0.1) is 17.3 Å². The van der Waals surface area contributed by atoms with Crippen LogP contribution in [0.25, 0.3) is 0 Å². The molecule has 0 aromatic carbocycles. The highest BCUT2D eigenvalue weighted by Crippen LogP contribution is 2.18. The molecule has 0 spiro atoms. The van der Waals surface area contributed by atoms with E-state index in [1.807, 2.05) is 24.7 Å². The number of ether oxygens (including phenoxy) is 1. The third-order valence-corrected chi connectivity index (χ3v) is 3.83. The Balaban J connectivity index is 0.000000576. The Morgan fingerprint density at radius 3 is 2.39 bits per heavy atom. The summed E-state index contributed by atoms with van der Waals surface area (Å²) in [5, 5.41) is 9.96. The molecule has 7 heteroatoms. The van der Waals surface area contributed by atoms with Crippen molar-refractivity contribution in [3.63, 3.8) is 0 Å². The largest absolute Gasteiger partial charge is 0.401 e. The van der Waals surface area contributed by atoms with E-state index in [1.54, 1.807) is 11.2 Å². The van der Waals surface area contributed by atoms with Crippen molar-refractivity contribution in [1.82, 2.24) is 20.0 Å². The number of nitrogens with two attached hydrogens (primary N) is 2. The van der Waals surface area contributed by atoms with Crippen LogP contribution in [0.3, 0.4) is 0 Å². The Bertz CT molecular complexity index is 551. The molecule has 0 aliphatic carbocycles. The minimum Gasteiger partial charge on any atom is -0.401 e. The number of hydrazine groups is 1. The fourth-order valence-corrected chi connectivity index (χ4v) is 2.62. The molecule has 0 radical (unpaired) electrons. The second kappa shape index (κ2) is 13.6. The van der Waals surface area contributed by atoms with Gasteiger partial charge < -0.3 is 15.5 Å². The van der Waals surface area contributed by atoms with E-state index in [4.69, 9.17) is 16.3 Å². The average molecular weight is 397 g/mol. The van der Waals surface area contributed by atoms with Crippen molar-refractivity contribution in [2.24, 2.45) is 28.8 Å². The van der Waals surface area contributed by atoms with Crippen molar-refractivity contribution < 1.29 is 4.74 Å². The summed E-state index contributed by atoms with van der Waals surface area (Å²) in [5.74, 6) is 6.74. The van der Waals surface area contributed by atoms with E-state index in [0.717, 1.165) is 50.5 Å². The first-order valence-corrected chi connectivity index (χ1v) is 10.4. The fourth-order valence-electron chi connectivity index (χ4n) is 2.62. The van der Waals surface area contributed by atoms with Gasteiger partial charge in [-0.15, -0.1) is 5.10 Å².